The van der Waals surface area contributed by atoms with Gasteiger partial charge in [-0.15, -0.1) is 0 Å². The molecule has 0 spiro atoms. The maximum Gasteiger partial charge on any atom is 0.191 e. The van der Waals surface area contributed by atoms with E-state index in [1.807, 2.05) is 30.3 Å². The van der Waals surface area contributed by atoms with E-state index < -0.39 is 0 Å². The number of halogens is 1. The summed E-state index contributed by atoms with van der Waals surface area (Å²) in [7, 11) is 3.37. The Balaban J connectivity index is 1.76. The summed E-state index contributed by atoms with van der Waals surface area (Å²) in [5.74, 6) is 1.32. The van der Waals surface area contributed by atoms with E-state index in [1.54, 1.807) is 20.2 Å². The number of hydrogen-bond acceptors (Lipinski definition) is 2. The molecule has 2 aromatic carbocycles. The van der Waals surface area contributed by atoms with Crippen LogP contribution in [-0.2, 0) is 13.0 Å². The molecule has 0 saturated heterocycles. The molecule has 0 bridgehead atoms. The van der Waals surface area contributed by atoms with Crippen LogP contribution in [-0.4, -0.2) is 26.7 Å². The lowest BCUT2D eigenvalue weighted by atomic mass is 10.1. The van der Waals surface area contributed by atoms with E-state index in [-0.39, 0.29) is 5.82 Å². The summed E-state index contributed by atoms with van der Waals surface area (Å²) < 4.78 is 18.3. The van der Waals surface area contributed by atoms with Gasteiger partial charge in [-0.05, 0) is 41.8 Å². The van der Waals surface area contributed by atoms with Crippen molar-refractivity contribution in [1.82, 2.24) is 10.6 Å². The Hall–Kier alpha value is -2.56. The summed E-state index contributed by atoms with van der Waals surface area (Å²) in [6, 6.07) is 14.5. The number of methoxy groups -OCH3 is 1. The number of nitrogens with zero attached hydrogens (tertiary/aromatic N) is 1. The Bertz CT molecular complexity index is 641. The van der Waals surface area contributed by atoms with Crippen LogP contribution in [0.3, 0.4) is 0 Å². The molecule has 0 saturated carbocycles. The van der Waals surface area contributed by atoms with Gasteiger partial charge in [-0.3, -0.25) is 4.99 Å². The Labute approximate surface area is 136 Å². The molecular formula is C18H22FN3O. The number of aliphatic imine (C=N–C) groups is 1. The summed E-state index contributed by atoms with van der Waals surface area (Å²) in [6.07, 6.45) is 0.880. The molecule has 0 fully saturated rings. The van der Waals surface area contributed by atoms with Gasteiger partial charge in [0, 0.05) is 20.1 Å². The van der Waals surface area contributed by atoms with Gasteiger partial charge in [-0.1, -0.05) is 24.3 Å². The fraction of sp³-hybridized carbons (Fsp3) is 0.278. The summed E-state index contributed by atoms with van der Waals surface area (Å²) in [4.78, 5) is 4.16. The SMILES string of the molecule is CN=C(NCCc1ccc(OC)cc1)NCc1cccc(F)c1. The Morgan fingerprint density at radius 2 is 1.87 bits per heavy atom. The van der Waals surface area contributed by atoms with Crippen molar-refractivity contribution < 1.29 is 9.13 Å². The Kier molecular flexibility index (Phi) is 6.41. The van der Waals surface area contributed by atoms with Crippen molar-refractivity contribution in [2.24, 2.45) is 4.99 Å². The fourth-order valence-electron chi connectivity index (χ4n) is 2.17. The molecule has 0 radical (unpaired) electrons. The maximum absolute atomic E-state index is 13.1. The molecule has 2 rings (SSSR count). The summed E-state index contributed by atoms with van der Waals surface area (Å²) in [5.41, 5.74) is 2.10. The molecule has 0 unspecified atom stereocenters. The molecular weight excluding hydrogens is 293 g/mol. The van der Waals surface area contributed by atoms with Crippen molar-refractivity contribution >= 4 is 5.96 Å². The molecule has 23 heavy (non-hydrogen) atoms. The molecule has 0 aliphatic rings. The number of hydrogen-bond donors (Lipinski definition) is 2. The van der Waals surface area contributed by atoms with Crippen LogP contribution in [0.2, 0.25) is 0 Å². The van der Waals surface area contributed by atoms with Crippen LogP contribution < -0.4 is 15.4 Å². The van der Waals surface area contributed by atoms with Crippen LogP contribution in [0.5, 0.6) is 5.75 Å². The zero-order valence-corrected chi connectivity index (χ0v) is 13.5. The number of guanidine groups is 1. The van der Waals surface area contributed by atoms with Crippen molar-refractivity contribution in [3.63, 3.8) is 0 Å². The van der Waals surface area contributed by atoms with Crippen LogP contribution >= 0.6 is 0 Å². The van der Waals surface area contributed by atoms with Crippen LogP contribution in [0.25, 0.3) is 0 Å². The number of rotatable bonds is 6. The third-order valence-corrected chi connectivity index (χ3v) is 3.44. The smallest absolute Gasteiger partial charge is 0.191 e. The van der Waals surface area contributed by atoms with E-state index >= 15 is 0 Å². The number of ether oxygens (including phenoxy) is 1. The number of nitrogens with one attached hydrogen (secondary N) is 2. The average molecular weight is 315 g/mol. The van der Waals surface area contributed by atoms with Gasteiger partial charge in [-0.2, -0.15) is 0 Å². The molecule has 4 nitrogen and oxygen atoms in total. The predicted molar refractivity (Wildman–Crippen MR) is 91.3 cm³/mol. The lowest BCUT2D eigenvalue weighted by Gasteiger charge is -2.12. The zero-order chi connectivity index (χ0) is 16.5. The third kappa shape index (κ3) is 5.62. The molecule has 0 aromatic heterocycles. The van der Waals surface area contributed by atoms with Crippen molar-refractivity contribution in [2.45, 2.75) is 13.0 Å². The largest absolute Gasteiger partial charge is 0.497 e. The lowest BCUT2D eigenvalue weighted by Crippen LogP contribution is -2.37. The first-order valence-electron chi connectivity index (χ1n) is 7.53. The first-order valence-corrected chi connectivity index (χ1v) is 7.53. The Morgan fingerprint density at radius 3 is 2.52 bits per heavy atom. The molecule has 0 aliphatic carbocycles. The highest BCUT2D eigenvalue weighted by molar-refractivity contribution is 5.79. The lowest BCUT2D eigenvalue weighted by molar-refractivity contribution is 0.414. The van der Waals surface area contributed by atoms with Gasteiger partial charge >= 0.3 is 0 Å². The fourth-order valence-corrected chi connectivity index (χ4v) is 2.17. The highest BCUT2D eigenvalue weighted by Crippen LogP contribution is 2.11. The van der Waals surface area contributed by atoms with Gasteiger partial charge in [0.25, 0.3) is 0 Å². The second kappa shape index (κ2) is 8.78. The summed E-state index contributed by atoms with van der Waals surface area (Å²) >= 11 is 0. The monoisotopic (exact) mass is 315 g/mol. The second-order valence-electron chi connectivity index (χ2n) is 5.08. The topological polar surface area (TPSA) is 45.7 Å². The predicted octanol–water partition coefficient (Wildman–Crippen LogP) is 2.74. The van der Waals surface area contributed by atoms with E-state index in [4.69, 9.17) is 4.74 Å². The van der Waals surface area contributed by atoms with Gasteiger partial charge in [0.2, 0.25) is 0 Å². The van der Waals surface area contributed by atoms with Crippen molar-refractivity contribution in [2.75, 3.05) is 20.7 Å². The van der Waals surface area contributed by atoms with E-state index in [0.717, 1.165) is 24.3 Å². The van der Waals surface area contributed by atoms with Gasteiger partial charge in [-0.25, -0.2) is 4.39 Å². The second-order valence-corrected chi connectivity index (χ2v) is 5.08. The highest BCUT2D eigenvalue weighted by Gasteiger charge is 2.00. The minimum atomic E-state index is -0.230. The van der Waals surface area contributed by atoms with Gasteiger partial charge < -0.3 is 15.4 Å². The molecule has 0 atom stereocenters. The highest BCUT2D eigenvalue weighted by atomic mass is 19.1. The first-order chi connectivity index (χ1) is 11.2. The summed E-state index contributed by atoms with van der Waals surface area (Å²) in [6.45, 7) is 1.29. The van der Waals surface area contributed by atoms with E-state index in [1.165, 1.54) is 17.7 Å². The molecule has 122 valence electrons. The van der Waals surface area contributed by atoms with Crippen molar-refractivity contribution in [3.8, 4) is 5.75 Å². The minimum absolute atomic E-state index is 0.230. The molecule has 5 heteroatoms. The zero-order valence-electron chi connectivity index (χ0n) is 13.5. The van der Waals surface area contributed by atoms with E-state index in [9.17, 15) is 4.39 Å². The minimum Gasteiger partial charge on any atom is -0.497 e. The normalized spacial score (nSPS) is 11.2. The molecule has 0 amide bonds. The first kappa shape index (κ1) is 16.8. The number of benzene rings is 2. The third-order valence-electron chi connectivity index (χ3n) is 3.44. The van der Waals surface area contributed by atoms with E-state index in [2.05, 4.69) is 15.6 Å². The molecule has 2 aromatic rings. The van der Waals surface area contributed by atoms with Crippen LogP contribution in [0.1, 0.15) is 11.1 Å². The molecule has 2 N–H and O–H groups in total. The van der Waals surface area contributed by atoms with Gasteiger partial charge in [0.15, 0.2) is 5.96 Å². The van der Waals surface area contributed by atoms with Gasteiger partial charge in [0.05, 0.1) is 7.11 Å². The van der Waals surface area contributed by atoms with Crippen LogP contribution in [0.4, 0.5) is 4.39 Å². The molecule has 0 heterocycles. The van der Waals surface area contributed by atoms with Crippen LogP contribution in [0.15, 0.2) is 53.5 Å². The van der Waals surface area contributed by atoms with E-state index in [0.29, 0.717) is 12.5 Å². The summed E-state index contributed by atoms with van der Waals surface area (Å²) in [5, 5.41) is 6.41. The molecule has 0 aliphatic heterocycles. The van der Waals surface area contributed by atoms with Crippen LogP contribution in [0, 0.1) is 5.82 Å². The van der Waals surface area contributed by atoms with Crippen molar-refractivity contribution in [3.05, 3.63) is 65.5 Å². The average Bonchev–Trinajstić information content (AvgIpc) is 2.58. The maximum atomic E-state index is 13.1. The van der Waals surface area contributed by atoms with Crippen molar-refractivity contribution in [1.29, 1.82) is 0 Å². The quantitative estimate of drug-likeness (QED) is 0.636. The Morgan fingerprint density at radius 1 is 1.09 bits per heavy atom. The standard InChI is InChI=1S/C18H22FN3O/c1-20-18(22-13-15-4-3-5-16(19)12-15)21-11-10-14-6-8-17(23-2)9-7-14/h3-9,12H,10-11,13H2,1-2H3,(H2,20,21,22). The van der Waals surface area contributed by atoms with Gasteiger partial charge in [0.1, 0.15) is 11.6 Å².